The number of likely N-dealkylation sites (tertiary alicyclic amines) is 1. The summed E-state index contributed by atoms with van der Waals surface area (Å²) in [6.07, 6.45) is 1.78. The van der Waals surface area contributed by atoms with Crippen molar-refractivity contribution >= 4 is 15.9 Å². The van der Waals surface area contributed by atoms with Gasteiger partial charge in [0.15, 0.2) is 5.82 Å². The second kappa shape index (κ2) is 4.70. The molecule has 6 nitrogen and oxygen atoms in total. The van der Waals surface area contributed by atoms with E-state index in [2.05, 4.69) is 4.98 Å². The molecule has 2 aliphatic rings. The number of fused-ring (bicyclic) bond motifs is 1. The maximum atomic E-state index is 13.6. The third-order valence-corrected chi connectivity index (χ3v) is 5.22. The maximum absolute atomic E-state index is 13.6. The van der Waals surface area contributed by atoms with Gasteiger partial charge in [0.1, 0.15) is 0 Å². The first-order valence-electron chi connectivity index (χ1n) is 6.34. The fourth-order valence-corrected chi connectivity index (χ4v) is 3.72. The molecule has 21 heavy (non-hydrogen) atoms. The lowest BCUT2D eigenvalue weighted by Gasteiger charge is -2.43. The van der Waals surface area contributed by atoms with Gasteiger partial charge in [-0.25, -0.2) is 17.8 Å². The average Bonchev–Trinajstić information content (AvgIpc) is 2.70. The van der Waals surface area contributed by atoms with Crippen LogP contribution in [0.3, 0.4) is 0 Å². The number of pyridine rings is 1. The van der Waals surface area contributed by atoms with Crippen molar-refractivity contribution in [2.75, 3.05) is 25.9 Å². The van der Waals surface area contributed by atoms with Gasteiger partial charge in [0.05, 0.1) is 24.1 Å². The van der Waals surface area contributed by atoms with Crippen molar-refractivity contribution in [3.8, 4) is 0 Å². The second-order valence-corrected chi connectivity index (χ2v) is 7.33. The van der Waals surface area contributed by atoms with E-state index in [1.165, 1.54) is 9.21 Å². The Kier molecular flexibility index (Phi) is 3.21. The third kappa shape index (κ3) is 2.40. The van der Waals surface area contributed by atoms with Gasteiger partial charge in [-0.05, 0) is 0 Å². The van der Waals surface area contributed by atoms with Gasteiger partial charge in [-0.2, -0.15) is 8.70 Å². The van der Waals surface area contributed by atoms with Crippen LogP contribution in [0, 0.1) is 17.7 Å². The number of nitrogens with zero attached hydrogens (tertiary/aromatic N) is 3. The van der Waals surface area contributed by atoms with Crippen LogP contribution in [0.4, 0.5) is 8.78 Å². The Morgan fingerprint density at radius 3 is 2.71 bits per heavy atom. The molecule has 0 saturated carbocycles. The Balaban J connectivity index is 1.79. The number of carbonyl (C=O) groups is 1. The van der Waals surface area contributed by atoms with E-state index in [-0.39, 0.29) is 24.1 Å². The van der Waals surface area contributed by atoms with Gasteiger partial charge in [0.25, 0.3) is 5.91 Å². The van der Waals surface area contributed by atoms with E-state index < -0.39 is 27.7 Å². The molecule has 0 aliphatic carbocycles. The van der Waals surface area contributed by atoms with E-state index in [1.54, 1.807) is 0 Å². The van der Waals surface area contributed by atoms with Crippen molar-refractivity contribution in [2.24, 2.45) is 5.92 Å². The Morgan fingerprint density at radius 1 is 1.33 bits per heavy atom. The van der Waals surface area contributed by atoms with Gasteiger partial charge in [-0.3, -0.25) is 4.79 Å². The summed E-state index contributed by atoms with van der Waals surface area (Å²) in [5, 5.41) is 0. The minimum absolute atomic E-state index is 0.0541. The molecule has 1 amide bonds. The molecule has 2 saturated heterocycles. The lowest BCUT2D eigenvalue weighted by molar-refractivity contribution is 0.0322. The molecule has 0 spiro atoms. The largest absolute Gasteiger partial charge is 0.333 e. The minimum atomic E-state index is -3.31. The summed E-state index contributed by atoms with van der Waals surface area (Å²) in [5.74, 6) is -2.40. The van der Waals surface area contributed by atoms with Crippen molar-refractivity contribution in [3.63, 3.8) is 0 Å². The molecule has 3 rings (SSSR count). The number of halogens is 2. The molecule has 1 aromatic rings. The molecule has 0 aromatic carbocycles. The molecule has 2 fully saturated rings. The van der Waals surface area contributed by atoms with Gasteiger partial charge in [0.2, 0.25) is 16.0 Å². The van der Waals surface area contributed by atoms with Crippen LogP contribution in [-0.4, -0.2) is 60.4 Å². The smallest absolute Gasteiger partial charge is 0.257 e. The van der Waals surface area contributed by atoms with Crippen LogP contribution in [0.5, 0.6) is 0 Å². The van der Waals surface area contributed by atoms with Crippen LogP contribution >= 0.6 is 0 Å². The number of hydrogen-bond acceptors (Lipinski definition) is 4. The summed E-state index contributed by atoms with van der Waals surface area (Å²) in [4.78, 5) is 16.7. The van der Waals surface area contributed by atoms with Crippen molar-refractivity contribution in [1.82, 2.24) is 14.2 Å². The first-order chi connectivity index (χ1) is 9.77. The Bertz CT molecular complexity index is 710. The first kappa shape index (κ1) is 14.3. The van der Waals surface area contributed by atoms with Crippen LogP contribution in [0.2, 0.25) is 0 Å². The van der Waals surface area contributed by atoms with Crippen molar-refractivity contribution in [2.45, 2.75) is 6.04 Å². The lowest BCUT2D eigenvalue weighted by Crippen LogP contribution is -2.58. The molecule has 0 bridgehead atoms. The molecule has 3 heterocycles. The van der Waals surface area contributed by atoms with E-state index in [1.807, 2.05) is 0 Å². The van der Waals surface area contributed by atoms with Crippen LogP contribution in [0.15, 0.2) is 12.3 Å². The Hall–Kier alpha value is -1.61. The number of carbonyl (C=O) groups excluding carboxylic acids is 1. The summed E-state index contributed by atoms with van der Waals surface area (Å²) in [7, 11) is -3.31. The molecule has 9 heteroatoms. The zero-order valence-electron chi connectivity index (χ0n) is 11.2. The highest BCUT2D eigenvalue weighted by Crippen LogP contribution is 2.34. The quantitative estimate of drug-likeness (QED) is 0.724. The monoisotopic (exact) mass is 317 g/mol. The summed E-state index contributed by atoms with van der Waals surface area (Å²) in [6, 6.07) is 0.483. The third-order valence-electron chi connectivity index (χ3n) is 3.99. The molecule has 0 N–H and O–H groups in total. The average molecular weight is 317 g/mol. The van der Waals surface area contributed by atoms with Gasteiger partial charge in [0, 0.05) is 31.6 Å². The normalized spacial score (nSPS) is 25.6. The van der Waals surface area contributed by atoms with Crippen LogP contribution in [0.1, 0.15) is 10.4 Å². The molecule has 0 radical (unpaired) electrons. The molecular weight excluding hydrogens is 304 g/mol. The molecule has 2 atom stereocenters. The summed E-state index contributed by atoms with van der Waals surface area (Å²) in [5.41, 5.74) is -0.376. The fraction of sp³-hybridized carbons (Fsp3) is 0.500. The summed E-state index contributed by atoms with van der Waals surface area (Å²) in [6.45, 7) is 0.907. The van der Waals surface area contributed by atoms with Gasteiger partial charge in [-0.1, -0.05) is 0 Å². The highest BCUT2D eigenvalue weighted by atomic mass is 32.2. The van der Waals surface area contributed by atoms with Gasteiger partial charge in [-0.15, -0.1) is 0 Å². The van der Waals surface area contributed by atoms with Crippen molar-refractivity contribution in [1.29, 1.82) is 0 Å². The predicted octanol–water partition coefficient (Wildman–Crippen LogP) is 0.0756. The predicted molar refractivity (Wildman–Crippen MR) is 68.9 cm³/mol. The lowest BCUT2D eigenvalue weighted by atomic mass is 9.91. The van der Waals surface area contributed by atoms with Crippen molar-refractivity contribution < 1.29 is 22.0 Å². The number of rotatable bonds is 2. The summed E-state index contributed by atoms with van der Waals surface area (Å²) < 4.78 is 50.9. The molecule has 114 valence electrons. The number of amides is 1. The highest BCUT2D eigenvalue weighted by Gasteiger charge is 2.50. The molecular formula is C12H13F2N3O3S. The summed E-state index contributed by atoms with van der Waals surface area (Å²) >= 11 is 0. The minimum Gasteiger partial charge on any atom is -0.333 e. The maximum Gasteiger partial charge on any atom is 0.257 e. The van der Waals surface area contributed by atoms with Crippen LogP contribution in [0.25, 0.3) is 0 Å². The zero-order chi connectivity index (χ0) is 15.4. The molecule has 0 unspecified atom stereocenters. The van der Waals surface area contributed by atoms with Crippen molar-refractivity contribution in [3.05, 3.63) is 29.6 Å². The fourth-order valence-electron chi connectivity index (χ4n) is 2.83. The topological polar surface area (TPSA) is 70.6 Å². The zero-order valence-corrected chi connectivity index (χ0v) is 12.0. The van der Waals surface area contributed by atoms with Gasteiger partial charge < -0.3 is 4.90 Å². The SMILES string of the molecule is CS(=O)(=O)N1C[C@H]2CN(C(=O)c3cc(F)ncc3F)[C@H]2C1. The van der Waals surface area contributed by atoms with Crippen LogP contribution in [-0.2, 0) is 10.0 Å². The van der Waals surface area contributed by atoms with E-state index in [4.69, 9.17) is 0 Å². The standard InChI is InChI=1S/C12H13F2N3O3S/c1-21(19,20)16-4-7-5-17(10(7)6-16)12(18)8-2-11(14)15-3-9(8)13/h2-3,7,10H,4-6H2,1H3/t7-,10-/m0/s1. The van der Waals surface area contributed by atoms with E-state index >= 15 is 0 Å². The van der Waals surface area contributed by atoms with E-state index in [0.29, 0.717) is 19.3 Å². The second-order valence-electron chi connectivity index (χ2n) is 5.35. The van der Waals surface area contributed by atoms with Gasteiger partial charge >= 0.3 is 0 Å². The Morgan fingerprint density at radius 2 is 2.05 bits per heavy atom. The number of hydrogen-bond donors (Lipinski definition) is 0. The number of aromatic nitrogens is 1. The Labute approximate surface area is 120 Å². The first-order valence-corrected chi connectivity index (χ1v) is 8.19. The van der Waals surface area contributed by atoms with Crippen LogP contribution < -0.4 is 0 Å². The molecule has 1 aromatic heterocycles. The highest BCUT2D eigenvalue weighted by molar-refractivity contribution is 7.88. The number of sulfonamides is 1. The van der Waals surface area contributed by atoms with E-state index in [0.717, 1.165) is 12.3 Å². The van der Waals surface area contributed by atoms with E-state index in [9.17, 15) is 22.0 Å². The molecule has 2 aliphatic heterocycles.